The van der Waals surface area contributed by atoms with E-state index in [1.807, 2.05) is 0 Å². The molecular weight excluding hydrogens is 380 g/mol. The van der Waals surface area contributed by atoms with Gasteiger partial charge in [0.05, 0.1) is 0 Å². The van der Waals surface area contributed by atoms with Crippen LogP contribution in [0.3, 0.4) is 0 Å². The molecule has 9 atom stereocenters. The van der Waals surface area contributed by atoms with E-state index in [9.17, 15) is 4.79 Å². The molecule has 0 amide bonds. The van der Waals surface area contributed by atoms with Crippen LogP contribution >= 0.6 is 0 Å². The molecule has 2 heteroatoms. The lowest BCUT2D eigenvalue weighted by molar-refractivity contribution is -0.153. The molecule has 0 aromatic rings. The van der Waals surface area contributed by atoms with Crippen LogP contribution in [0.4, 0.5) is 0 Å². The number of hydrogen-bond donors (Lipinski definition) is 0. The second-order valence-corrected chi connectivity index (χ2v) is 12.8. The van der Waals surface area contributed by atoms with Crippen molar-refractivity contribution < 1.29 is 9.53 Å². The monoisotopic (exact) mass is 428 g/mol. The standard InChI is InChI=1S/C29H48O2/c1-19(2)8-7-9-20(3)25-12-13-26-24-11-10-22-18-23(31-21(4)30)14-16-28(22,5)27(24)15-17-29(25,26)6/h10-11,19-20,22-27H,7-9,12-18H2,1-6H3. The summed E-state index contributed by atoms with van der Waals surface area (Å²) in [5.41, 5.74) is 0.944. The van der Waals surface area contributed by atoms with E-state index >= 15 is 0 Å². The average Bonchev–Trinajstić information content (AvgIpc) is 3.05. The molecule has 3 fully saturated rings. The molecule has 31 heavy (non-hydrogen) atoms. The number of rotatable bonds is 6. The van der Waals surface area contributed by atoms with Crippen molar-refractivity contribution in [1.29, 1.82) is 0 Å². The smallest absolute Gasteiger partial charge is 0.302 e. The van der Waals surface area contributed by atoms with Crippen LogP contribution < -0.4 is 0 Å². The summed E-state index contributed by atoms with van der Waals surface area (Å²) < 4.78 is 5.62. The van der Waals surface area contributed by atoms with Crippen molar-refractivity contribution in [3.8, 4) is 0 Å². The van der Waals surface area contributed by atoms with Gasteiger partial charge >= 0.3 is 5.97 Å². The van der Waals surface area contributed by atoms with Crippen LogP contribution in [-0.4, -0.2) is 12.1 Å². The van der Waals surface area contributed by atoms with E-state index in [4.69, 9.17) is 4.74 Å². The Morgan fingerprint density at radius 1 is 0.968 bits per heavy atom. The molecule has 0 aliphatic heterocycles. The molecule has 4 aliphatic carbocycles. The minimum absolute atomic E-state index is 0.112. The maximum Gasteiger partial charge on any atom is 0.302 e. The van der Waals surface area contributed by atoms with Crippen LogP contribution in [0.15, 0.2) is 12.2 Å². The summed E-state index contributed by atoms with van der Waals surface area (Å²) in [4.78, 5) is 11.5. The molecule has 4 rings (SSSR count). The zero-order valence-electron chi connectivity index (χ0n) is 21.2. The van der Waals surface area contributed by atoms with Crippen LogP contribution in [0.5, 0.6) is 0 Å². The van der Waals surface area contributed by atoms with Gasteiger partial charge in [0.15, 0.2) is 0 Å². The zero-order valence-corrected chi connectivity index (χ0v) is 21.2. The Kier molecular flexibility index (Phi) is 6.68. The molecule has 0 radical (unpaired) electrons. The first-order valence-corrected chi connectivity index (χ1v) is 13.5. The van der Waals surface area contributed by atoms with Crippen molar-refractivity contribution in [3.05, 3.63) is 12.2 Å². The van der Waals surface area contributed by atoms with Crippen molar-refractivity contribution in [2.45, 2.75) is 112 Å². The molecule has 0 saturated heterocycles. The lowest BCUT2D eigenvalue weighted by atomic mass is 9.46. The van der Waals surface area contributed by atoms with Gasteiger partial charge in [0.25, 0.3) is 0 Å². The molecule has 9 unspecified atom stereocenters. The molecule has 3 saturated carbocycles. The summed E-state index contributed by atoms with van der Waals surface area (Å²) in [5, 5.41) is 0. The van der Waals surface area contributed by atoms with Gasteiger partial charge in [-0.2, -0.15) is 0 Å². The van der Waals surface area contributed by atoms with Gasteiger partial charge in [-0.15, -0.1) is 0 Å². The molecular formula is C29H48O2. The van der Waals surface area contributed by atoms with Gasteiger partial charge < -0.3 is 4.74 Å². The molecule has 0 N–H and O–H groups in total. The van der Waals surface area contributed by atoms with Crippen LogP contribution in [0.1, 0.15) is 106 Å². The molecule has 4 aliphatic rings. The van der Waals surface area contributed by atoms with Crippen molar-refractivity contribution in [3.63, 3.8) is 0 Å². The van der Waals surface area contributed by atoms with Gasteiger partial charge in [0, 0.05) is 6.92 Å². The summed E-state index contributed by atoms with van der Waals surface area (Å²) in [5.74, 6) is 5.59. The Balaban J connectivity index is 1.47. The Morgan fingerprint density at radius 2 is 1.68 bits per heavy atom. The quantitative estimate of drug-likeness (QED) is 0.318. The summed E-state index contributed by atoms with van der Waals surface area (Å²) in [6.07, 6.45) is 18.6. The summed E-state index contributed by atoms with van der Waals surface area (Å²) in [6.45, 7) is 14.1. The highest BCUT2D eigenvalue weighted by molar-refractivity contribution is 5.66. The van der Waals surface area contributed by atoms with Crippen molar-refractivity contribution in [1.82, 2.24) is 0 Å². The van der Waals surface area contributed by atoms with E-state index in [2.05, 4.69) is 46.8 Å². The third-order valence-electron chi connectivity index (χ3n) is 10.6. The topological polar surface area (TPSA) is 26.3 Å². The Bertz CT molecular complexity index is 680. The lowest BCUT2D eigenvalue weighted by Gasteiger charge is -2.59. The van der Waals surface area contributed by atoms with Crippen molar-refractivity contribution in [2.75, 3.05) is 0 Å². The fourth-order valence-electron chi connectivity index (χ4n) is 8.95. The van der Waals surface area contributed by atoms with E-state index in [0.29, 0.717) is 16.7 Å². The number of carbonyl (C=O) groups excluding carboxylic acids is 1. The number of allylic oxidation sites excluding steroid dienone is 2. The Hall–Kier alpha value is -0.790. The number of esters is 1. The molecule has 0 aromatic carbocycles. The normalized spacial score (nSPS) is 45.0. The predicted molar refractivity (Wildman–Crippen MR) is 129 cm³/mol. The first-order valence-electron chi connectivity index (χ1n) is 13.5. The average molecular weight is 429 g/mol. The van der Waals surface area contributed by atoms with E-state index < -0.39 is 0 Å². The van der Waals surface area contributed by atoms with Crippen molar-refractivity contribution in [2.24, 2.45) is 52.3 Å². The van der Waals surface area contributed by atoms with E-state index in [1.54, 1.807) is 6.92 Å². The summed E-state index contributed by atoms with van der Waals surface area (Å²) in [7, 11) is 0. The third kappa shape index (κ3) is 4.26. The van der Waals surface area contributed by atoms with Gasteiger partial charge in [-0.1, -0.05) is 66.0 Å². The second kappa shape index (κ2) is 8.86. The Labute approximate surface area is 192 Å². The highest BCUT2D eigenvalue weighted by atomic mass is 16.5. The Morgan fingerprint density at radius 3 is 2.39 bits per heavy atom. The molecule has 0 aromatic heterocycles. The van der Waals surface area contributed by atoms with Gasteiger partial charge in [0.2, 0.25) is 0 Å². The summed E-state index contributed by atoms with van der Waals surface area (Å²) in [6, 6.07) is 0. The van der Waals surface area contributed by atoms with E-state index in [-0.39, 0.29) is 12.1 Å². The maximum atomic E-state index is 11.5. The number of carbonyl (C=O) groups is 1. The van der Waals surface area contributed by atoms with Gasteiger partial charge in [-0.05, 0) is 97.2 Å². The number of fused-ring (bicyclic) bond motifs is 5. The second-order valence-electron chi connectivity index (χ2n) is 12.8. The first kappa shape index (κ1) is 23.4. The SMILES string of the molecule is CC(=O)OC1CCC2(C)C(C=CC3C2CCC2(C)C(C(C)CCCC(C)C)CCC32)C1. The van der Waals surface area contributed by atoms with Crippen molar-refractivity contribution >= 4 is 5.97 Å². The van der Waals surface area contributed by atoms with Crippen LogP contribution in [0.2, 0.25) is 0 Å². The van der Waals surface area contributed by atoms with Crippen LogP contribution in [-0.2, 0) is 9.53 Å². The van der Waals surface area contributed by atoms with E-state index in [1.165, 1.54) is 51.4 Å². The highest BCUT2D eigenvalue weighted by Crippen LogP contribution is 2.67. The zero-order chi connectivity index (χ0) is 22.4. The fourth-order valence-corrected chi connectivity index (χ4v) is 8.95. The number of ether oxygens (including phenoxy) is 1. The maximum absolute atomic E-state index is 11.5. The van der Waals surface area contributed by atoms with E-state index in [0.717, 1.165) is 48.3 Å². The van der Waals surface area contributed by atoms with Gasteiger partial charge in [-0.3, -0.25) is 4.79 Å². The molecule has 0 spiro atoms. The van der Waals surface area contributed by atoms with Gasteiger partial charge in [0.1, 0.15) is 6.10 Å². The van der Waals surface area contributed by atoms with Gasteiger partial charge in [-0.25, -0.2) is 0 Å². The van der Waals surface area contributed by atoms with Crippen LogP contribution in [0.25, 0.3) is 0 Å². The third-order valence-corrected chi connectivity index (χ3v) is 10.6. The van der Waals surface area contributed by atoms with Crippen LogP contribution in [0, 0.1) is 52.3 Å². The molecule has 2 nitrogen and oxygen atoms in total. The molecule has 176 valence electrons. The minimum Gasteiger partial charge on any atom is -0.463 e. The first-order chi connectivity index (χ1) is 14.6. The highest BCUT2D eigenvalue weighted by Gasteiger charge is 2.59. The lowest BCUT2D eigenvalue weighted by Crippen LogP contribution is -2.52. The largest absolute Gasteiger partial charge is 0.463 e. The predicted octanol–water partition coefficient (Wildman–Crippen LogP) is 7.82. The molecule has 0 bridgehead atoms. The summed E-state index contributed by atoms with van der Waals surface area (Å²) >= 11 is 0. The number of hydrogen-bond acceptors (Lipinski definition) is 2. The minimum atomic E-state index is -0.112. The molecule has 0 heterocycles. The fraction of sp³-hybridized carbons (Fsp3) is 0.897.